The van der Waals surface area contributed by atoms with Crippen LogP contribution in [0.5, 0.6) is 0 Å². The molecule has 1 unspecified atom stereocenters. The number of rotatable bonds is 4. The molecule has 5 heteroatoms. The summed E-state index contributed by atoms with van der Waals surface area (Å²) in [5.41, 5.74) is 0.528. The molecule has 1 rings (SSSR count). The highest BCUT2D eigenvalue weighted by Gasteiger charge is 2.13. The number of hydrogen-bond donors (Lipinski definition) is 1. The number of nitro groups is 1. The molecule has 0 aliphatic heterocycles. The maximum atomic E-state index is 10.6. The van der Waals surface area contributed by atoms with E-state index in [1.165, 1.54) is 12.1 Å². The fourth-order valence-corrected chi connectivity index (χ4v) is 1.20. The molecule has 1 aromatic carbocycles. The summed E-state index contributed by atoms with van der Waals surface area (Å²) in [6.45, 7) is 5.50. The van der Waals surface area contributed by atoms with Gasteiger partial charge in [-0.15, -0.1) is 6.58 Å². The molecule has 0 radical (unpaired) electrons. The lowest BCUT2D eigenvalue weighted by molar-refractivity contribution is -0.385. The van der Waals surface area contributed by atoms with Gasteiger partial charge in [0.25, 0.3) is 5.69 Å². The standard InChI is InChI=1S/C11H11N3O2/c1-3-8(2)13-10-4-5-11(14(15)16)9(6-10)7-12/h3-6,8,13H,1H2,2H3. The molecule has 1 N–H and O–H groups in total. The molecule has 0 spiro atoms. The van der Waals surface area contributed by atoms with Crippen LogP contribution in [0.25, 0.3) is 0 Å². The SMILES string of the molecule is C=CC(C)Nc1ccc([N+](=O)[O-])c(C#N)c1. The first-order valence-corrected chi connectivity index (χ1v) is 4.66. The van der Waals surface area contributed by atoms with Crippen LogP contribution < -0.4 is 5.32 Å². The summed E-state index contributed by atoms with van der Waals surface area (Å²) in [7, 11) is 0. The third-order valence-corrected chi connectivity index (χ3v) is 2.06. The molecule has 5 nitrogen and oxygen atoms in total. The predicted molar refractivity (Wildman–Crippen MR) is 61.1 cm³/mol. The van der Waals surface area contributed by atoms with Crippen molar-refractivity contribution in [3.8, 4) is 6.07 Å². The maximum Gasteiger partial charge on any atom is 0.287 e. The van der Waals surface area contributed by atoms with E-state index in [2.05, 4.69) is 11.9 Å². The minimum Gasteiger partial charge on any atom is -0.379 e. The van der Waals surface area contributed by atoms with Crippen molar-refractivity contribution >= 4 is 11.4 Å². The molecule has 1 atom stereocenters. The Morgan fingerprint density at radius 3 is 2.88 bits per heavy atom. The summed E-state index contributed by atoms with van der Waals surface area (Å²) in [4.78, 5) is 10.0. The van der Waals surface area contributed by atoms with Crippen LogP contribution in [0.2, 0.25) is 0 Å². The molecule has 0 aliphatic carbocycles. The van der Waals surface area contributed by atoms with Crippen LogP contribution in [0.15, 0.2) is 30.9 Å². The van der Waals surface area contributed by atoms with Crippen molar-refractivity contribution in [2.24, 2.45) is 0 Å². The molecular weight excluding hydrogens is 206 g/mol. The Balaban J connectivity index is 3.05. The second-order valence-electron chi connectivity index (χ2n) is 3.27. The molecule has 0 heterocycles. The monoisotopic (exact) mass is 217 g/mol. The van der Waals surface area contributed by atoms with E-state index in [4.69, 9.17) is 5.26 Å². The van der Waals surface area contributed by atoms with Gasteiger partial charge in [0.2, 0.25) is 0 Å². The average molecular weight is 217 g/mol. The molecule has 0 amide bonds. The second kappa shape index (κ2) is 4.94. The molecule has 16 heavy (non-hydrogen) atoms. The van der Waals surface area contributed by atoms with Gasteiger partial charge >= 0.3 is 0 Å². The van der Waals surface area contributed by atoms with Gasteiger partial charge in [0.15, 0.2) is 0 Å². The van der Waals surface area contributed by atoms with Crippen LogP contribution in [0, 0.1) is 21.4 Å². The third-order valence-electron chi connectivity index (χ3n) is 2.06. The fourth-order valence-electron chi connectivity index (χ4n) is 1.20. The first kappa shape index (κ1) is 11.7. The molecule has 82 valence electrons. The van der Waals surface area contributed by atoms with Crippen molar-refractivity contribution in [3.63, 3.8) is 0 Å². The van der Waals surface area contributed by atoms with E-state index in [0.717, 1.165) is 0 Å². The first-order valence-electron chi connectivity index (χ1n) is 4.66. The van der Waals surface area contributed by atoms with Crippen molar-refractivity contribution in [2.45, 2.75) is 13.0 Å². The Hall–Kier alpha value is -2.35. The Kier molecular flexibility index (Phi) is 3.62. The topological polar surface area (TPSA) is 79.0 Å². The average Bonchev–Trinajstić information content (AvgIpc) is 2.28. The Bertz CT molecular complexity index is 463. The van der Waals surface area contributed by atoms with Gasteiger partial charge in [-0.25, -0.2) is 0 Å². The lowest BCUT2D eigenvalue weighted by Crippen LogP contribution is -2.11. The molecule has 0 saturated heterocycles. The minimum absolute atomic E-state index is 0.0352. The Labute approximate surface area is 93.2 Å². The highest BCUT2D eigenvalue weighted by Crippen LogP contribution is 2.22. The van der Waals surface area contributed by atoms with Crippen LogP contribution in [0.4, 0.5) is 11.4 Å². The van der Waals surface area contributed by atoms with E-state index in [0.29, 0.717) is 5.69 Å². The van der Waals surface area contributed by atoms with E-state index in [1.807, 2.05) is 6.92 Å². The van der Waals surface area contributed by atoms with E-state index in [-0.39, 0.29) is 17.3 Å². The van der Waals surface area contributed by atoms with E-state index >= 15 is 0 Å². The smallest absolute Gasteiger partial charge is 0.287 e. The summed E-state index contributed by atoms with van der Waals surface area (Å²) in [5.74, 6) is 0. The summed E-state index contributed by atoms with van der Waals surface area (Å²) in [6.07, 6.45) is 1.70. The van der Waals surface area contributed by atoms with Crippen molar-refractivity contribution in [1.29, 1.82) is 5.26 Å². The van der Waals surface area contributed by atoms with Crippen LogP contribution >= 0.6 is 0 Å². The number of nitro benzene ring substituents is 1. The highest BCUT2D eigenvalue weighted by atomic mass is 16.6. The van der Waals surface area contributed by atoms with Crippen molar-refractivity contribution < 1.29 is 4.92 Å². The van der Waals surface area contributed by atoms with E-state index in [9.17, 15) is 10.1 Å². The fraction of sp³-hybridized carbons (Fsp3) is 0.182. The van der Waals surface area contributed by atoms with Crippen LogP contribution in [0.3, 0.4) is 0 Å². The van der Waals surface area contributed by atoms with Crippen molar-refractivity contribution in [1.82, 2.24) is 0 Å². The number of nitrogens with one attached hydrogen (secondary N) is 1. The molecule has 0 bridgehead atoms. The van der Waals surface area contributed by atoms with Gasteiger partial charge in [-0.05, 0) is 19.1 Å². The molecule has 0 saturated carbocycles. The van der Waals surface area contributed by atoms with Gasteiger partial charge in [-0.2, -0.15) is 5.26 Å². The van der Waals surface area contributed by atoms with Gasteiger partial charge in [-0.3, -0.25) is 10.1 Å². The zero-order valence-corrected chi connectivity index (χ0v) is 8.80. The maximum absolute atomic E-state index is 10.6. The largest absolute Gasteiger partial charge is 0.379 e. The molecule has 0 aromatic heterocycles. The first-order chi connectivity index (χ1) is 7.58. The molecular formula is C11H11N3O2. The Morgan fingerprint density at radius 1 is 1.69 bits per heavy atom. The number of nitriles is 1. The molecule has 1 aromatic rings. The van der Waals surface area contributed by atoms with Crippen molar-refractivity contribution in [2.75, 3.05) is 5.32 Å². The van der Waals surface area contributed by atoms with Crippen LogP contribution in [-0.4, -0.2) is 11.0 Å². The molecule has 0 aliphatic rings. The van der Waals surface area contributed by atoms with Crippen LogP contribution in [0.1, 0.15) is 12.5 Å². The zero-order chi connectivity index (χ0) is 12.1. The number of nitrogens with zero attached hydrogens (tertiary/aromatic N) is 2. The normalized spacial score (nSPS) is 11.2. The van der Waals surface area contributed by atoms with Crippen LogP contribution in [-0.2, 0) is 0 Å². The number of benzene rings is 1. The summed E-state index contributed by atoms with van der Waals surface area (Å²) in [6, 6.07) is 6.18. The minimum atomic E-state index is -0.570. The summed E-state index contributed by atoms with van der Waals surface area (Å²) < 4.78 is 0. The highest BCUT2D eigenvalue weighted by molar-refractivity contribution is 5.59. The van der Waals surface area contributed by atoms with Gasteiger partial charge in [-0.1, -0.05) is 6.08 Å². The van der Waals surface area contributed by atoms with E-state index in [1.54, 1.807) is 18.2 Å². The number of hydrogen-bond acceptors (Lipinski definition) is 4. The van der Waals surface area contributed by atoms with Gasteiger partial charge < -0.3 is 5.32 Å². The predicted octanol–water partition coefficient (Wildman–Crippen LogP) is 2.45. The number of anilines is 1. The second-order valence-corrected chi connectivity index (χ2v) is 3.27. The summed E-state index contributed by atoms with van der Waals surface area (Å²) >= 11 is 0. The molecule has 0 fully saturated rings. The lowest BCUT2D eigenvalue weighted by atomic mass is 10.1. The Morgan fingerprint density at radius 2 is 2.38 bits per heavy atom. The van der Waals surface area contributed by atoms with Gasteiger partial charge in [0, 0.05) is 17.8 Å². The summed E-state index contributed by atoms with van der Waals surface area (Å²) in [5, 5.41) is 22.4. The zero-order valence-electron chi connectivity index (χ0n) is 8.80. The lowest BCUT2D eigenvalue weighted by Gasteiger charge is -2.10. The van der Waals surface area contributed by atoms with Crippen molar-refractivity contribution in [3.05, 3.63) is 46.5 Å². The quantitative estimate of drug-likeness (QED) is 0.477. The van der Waals surface area contributed by atoms with E-state index < -0.39 is 4.92 Å². The van der Waals surface area contributed by atoms with Gasteiger partial charge in [0.1, 0.15) is 11.6 Å². The van der Waals surface area contributed by atoms with Gasteiger partial charge in [0.05, 0.1) is 4.92 Å². The third kappa shape index (κ3) is 2.58.